The van der Waals surface area contributed by atoms with Gasteiger partial charge >= 0.3 is 0 Å². The van der Waals surface area contributed by atoms with Crippen LogP contribution in [0.2, 0.25) is 0 Å². The van der Waals surface area contributed by atoms with Crippen molar-refractivity contribution in [3.63, 3.8) is 0 Å². The summed E-state index contributed by atoms with van der Waals surface area (Å²) in [5, 5.41) is 11.3. The van der Waals surface area contributed by atoms with Crippen molar-refractivity contribution in [2.75, 3.05) is 6.54 Å². The quantitative estimate of drug-likeness (QED) is 0.797. The van der Waals surface area contributed by atoms with Gasteiger partial charge in [0.25, 0.3) is 5.91 Å². The fourth-order valence-corrected chi connectivity index (χ4v) is 3.29. The summed E-state index contributed by atoms with van der Waals surface area (Å²) in [7, 11) is 0. The van der Waals surface area contributed by atoms with E-state index in [0.29, 0.717) is 25.9 Å². The molecule has 0 saturated carbocycles. The Morgan fingerprint density at radius 2 is 2.04 bits per heavy atom. The second kappa shape index (κ2) is 6.61. The van der Waals surface area contributed by atoms with Crippen LogP contribution >= 0.6 is 0 Å². The highest BCUT2D eigenvalue weighted by Gasteiger charge is 2.27. The van der Waals surface area contributed by atoms with Crippen molar-refractivity contribution < 1.29 is 9.90 Å². The van der Waals surface area contributed by atoms with Crippen molar-refractivity contribution in [1.29, 1.82) is 0 Å². The van der Waals surface area contributed by atoms with Crippen LogP contribution in [0.1, 0.15) is 16.8 Å². The average molecular weight is 333 g/mol. The van der Waals surface area contributed by atoms with Gasteiger partial charge in [0.1, 0.15) is 6.10 Å². The van der Waals surface area contributed by atoms with E-state index in [0.717, 1.165) is 27.9 Å². The lowest BCUT2D eigenvalue weighted by Crippen LogP contribution is -2.43. The van der Waals surface area contributed by atoms with Gasteiger partial charge in [-0.05, 0) is 29.3 Å². The van der Waals surface area contributed by atoms with E-state index in [9.17, 15) is 9.90 Å². The topological polar surface area (TPSA) is 66.3 Å². The van der Waals surface area contributed by atoms with Crippen LogP contribution in [0.25, 0.3) is 11.0 Å². The van der Waals surface area contributed by atoms with E-state index in [-0.39, 0.29) is 5.91 Å². The van der Waals surface area contributed by atoms with Crippen LogP contribution in [0.3, 0.4) is 0 Å². The predicted molar refractivity (Wildman–Crippen MR) is 94.8 cm³/mol. The SMILES string of the molecule is O=C(C(O)Cc1ccccc1)N1CCc2nc3ncccc3cc2C1. The van der Waals surface area contributed by atoms with Crippen LogP contribution in [0, 0.1) is 0 Å². The summed E-state index contributed by atoms with van der Waals surface area (Å²) in [6.07, 6.45) is 1.74. The van der Waals surface area contributed by atoms with Crippen molar-refractivity contribution in [3.05, 3.63) is 71.5 Å². The summed E-state index contributed by atoms with van der Waals surface area (Å²) >= 11 is 0. The maximum atomic E-state index is 12.6. The second-order valence-corrected chi connectivity index (χ2v) is 6.36. The standard InChI is InChI=1S/C20H19N3O2/c24-18(11-14-5-2-1-3-6-14)20(25)23-10-8-17-16(13-23)12-15-7-4-9-21-19(15)22-17/h1-7,9,12,18,24H,8,10-11,13H2. The minimum atomic E-state index is -1.01. The third kappa shape index (κ3) is 3.23. The third-order valence-electron chi connectivity index (χ3n) is 4.61. The van der Waals surface area contributed by atoms with Crippen LogP contribution in [0.15, 0.2) is 54.7 Å². The van der Waals surface area contributed by atoms with Crippen LogP contribution < -0.4 is 0 Å². The number of aliphatic hydroxyl groups excluding tert-OH is 1. The number of benzene rings is 1. The summed E-state index contributed by atoms with van der Waals surface area (Å²) in [6, 6.07) is 15.5. The molecule has 0 saturated heterocycles. The molecule has 5 heteroatoms. The molecule has 3 heterocycles. The smallest absolute Gasteiger partial charge is 0.252 e. The summed E-state index contributed by atoms with van der Waals surface area (Å²) in [5.74, 6) is -0.221. The van der Waals surface area contributed by atoms with E-state index in [1.807, 2.05) is 48.5 Å². The Morgan fingerprint density at radius 3 is 2.88 bits per heavy atom. The molecule has 4 rings (SSSR count). The first-order valence-electron chi connectivity index (χ1n) is 8.45. The number of hydrogen-bond acceptors (Lipinski definition) is 4. The van der Waals surface area contributed by atoms with Gasteiger partial charge in [-0.2, -0.15) is 0 Å². The van der Waals surface area contributed by atoms with Gasteiger partial charge in [-0.1, -0.05) is 30.3 Å². The number of nitrogens with zero attached hydrogens (tertiary/aromatic N) is 3. The summed E-state index contributed by atoms with van der Waals surface area (Å²) < 4.78 is 0. The molecule has 1 aliphatic heterocycles. The Balaban J connectivity index is 1.51. The van der Waals surface area contributed by atoms with Crippen LogP contribution in [0.4, 0.5) is 0 Å². The number of aromatic nitrogens is 2. The maximum Gasteiger partial charge on any atom is 0.252 e. The molecule has 1 N–H and O–H groups in total. The predicted octanol–water partition coefficient (Wildman–Crippen LogP) is 2.12. The summed E-state index contributed by atoms with van der Waals surface area (Å²) in [4.78, 5) is 23.2. The van der Waals surface area contributed by atoms with Crippen LogP contribution in [-0.4, -0.2) is 38.5 Å². The Hall–Kier alpha value is -2.79. The van der Waals surface area contributed by atoms with E-state index in [2.05, 4.69) is 9.97 Å². The minimum absolute atomic E-state index is 0.221. The normalized spacial score (nSPS) is 15.0. The molecule has 5 nitrogen and oxygen atoms in total. The molecular weight excluding hydrogens is 314 g/mol. The largest absolute Gasteiger partial charge is 0.383 e. The Labute approximate surface area is 146 Å². The van der Waals surface area contributed by atoms with Crippen LogP contribution in [-0.2, 0) is 24.2 Å². The molecule has 0 fully saturated rings. The highest BCUT2D eigenvalue weighted by molar-refractivity contribution is 5.82. The van der Waals surface area contributed by atoms with Crippen LogP contribution in [0.5, 0.6) is 0 Å². The molecule has 2 aromatic heterocycles. The molecule has 126 valence electrons. The minimum Gasteiger partial charge on any atom is -0.383 e. The number of fused-ring (bicyclic) bond motifs is 2. The number of aliphatic hydroxyl groups is 1. The molecule has 1 aliphatic rings. The van der Waals surface area contributed by atoms with E-state index < -0.39 is 6.10 Å². The average Bonchev–Trinajstić information content (AvgIpc) is 2.66. The molecule has 0 aliphatic carbocycles. The van der Waals surface area contributed by atoms with Gasteiger partial charge in [0.2, 0.25) is 0 Å². The fourth-order valence-electron chi connectivity index (χ4n) is 3.29. The number of carbonyl (C=O) groups excluding carboxylic acids is 1. The van der Waals surface area contributed by atoms with Gasteiger partial charge in [-0.25, -0.2) is 9.97 Å². The van der Waals surface area contributed by atoms with Crippen molar-refractivity contribution in [3.8, 4) is 0 Å². The van der Waals surface area contributed by atoms with Crippen molar-refractivity contribution in [2.45, 2.75) is 25.5 Å². The monoisotopic (exact) mass is 333 g/mol. The lowest BCUT2D eigenvalue weighted by molar-refractivity contribution is -0.141. The number of rotatable bonds is 3. The molecule has 1 unspecified atom stereocenters. The van der Waals surface area contributed by atoms with E-state index in [4.69, 9.17) is 0 Å². The number of hydrogen-bond donors (Lipinski definition) is 1. The zero-order chi connectivity index (χ0) is 17.2. The van der Waals surface area contributed by atoms with Gasteiger partial charge in [-0.3, -0.25) is 4.79 Å². The first-order valence-corrected chi connectivity index (χ1v) is 8.45. The molecule has 3 aromatic rings. The van der Waals surface area contributed by atoms with Crippen molar-refractivity contribution >= 4 is 16.9 Å². The Morgan fingerprint density at radius 1 is 1.20 bits per heavy atom. The van der Waals surface area contributed by atoms with E-state index in [1.54, 1.807) is 11.1 Å². The summed E-state index contributed by atoms with van der Waals surface area (Å²) in [5.41, 5.74) is 3.73. The van der Waals surface area contributed by atoms with Gasteiger partial charge < -0.3 is 10.0 Å². The first kappa shape index (κ1) is 15.7. The number of carbonyl (C=O) groups is 1. The molecule has 1 amide bonds. The molecule has 25 heavy (non-hydrogen) atoms. The third-order valence-corrected chi connectivity index (χ3v) is 4.61. The lowest BCUT2D eigenvalue weighted by Gasteiger charge is -2.30. The second-order valence-electron chi connectivity index (χ2n) is 6.36. The van der Waals surface area contributed by atoms with Crippen molar-refractivity contribution in [2.24, 2.45) is 0 Å². The maximum absolute atomic E-state index is 12.6. The first-order chi connectivity index (χ1) is 12.2. The van der Waals surface area contributed by atoms with Crippen molar-refractivity contribution in [1.82, 2.24) is 14.9 Å². The molecule has 1 atom stereocenters. The number of amides is 1. The molecule has 0 spiro atoms. The van der Waals surface area contributed by atoms with E-state index in [1.165, 1.54) is 0 Å². The molecular formula is C20H19N3O2. The van der Waals surface area contributed by atoms with E-state index >= 15 is 0 Å². The molecule has 1 aromatic carbocycles. The van der Waals surface area contributed by atoms with Gasteiger partial charge in [-0.15, -0.1) is 0 Å². The zero-order valence-corrected chi connectivity index (χ0v) is 13.8. The molecule has 0 bridgehead atoms. The Bertz CT molecular complexity index is 911. The lowest BCUT2D eigenvalue weighted by atomic mass is 10.0. The number of pyridine rings is 2. The van der Waals surface area contributed by atoms with Gasteiger partial charge in [0, 0.05) is 43.2 Å². The zero-order valence-electron chi connectivity index (χ0n) is 13.8. The highest BCUT2D eigenvalue weighted by Crippen LogP contribution is 2.22. The Kier molecular flexibility index (Phi) is 4.15. The fraction of sp³-hybridized carbons (Fsp3) is 0.250. The van der Waals surface area contributed by atoms with Gasteiger partial charge in [0.15, 0.2) is 5.65 Å². The summed E-state index contributed by atoms with van der Waals surface area (Å²) in [6.45, 7) is 1.06. The molecule has 0 radical (unpaired) electrons. The van der Waals surface area contributed by atoms with Gasteiger partial charge in [0.05, 0.1) is 0 Å². The highest BCUT2D eigenvalue weighted by atomic mass is 16.3.